The molecule has 1 nitrogen and oxygen atoms in total. The van der Waals surface area contributed by atoms with Crippen LogP contribution in [0.5, 0.6) is 0 Å². The summed E-state index contributed by atoms with van der Waals surface area (Å²) in [7, 11) is 2.18. The van der Waals surface area contributed by atoms with E-state index in [1.165, 1.54) is 38.8 Å². The fraction of sp³-hybridized carbons (Fsp3) is 1.00. The topological polar surface area (TPSA) is 3.24 Å². The van der Waals surface area contributed by atoms with Crippen molar-refractivity contribution in [2.45, 2.75) is 60.3 Å². The zero-order valence-corrected chi connectivity index (χ0v) is 11.3. The van der Waals surface area contributed by atoms with Crippen LogP contribution in [0.4, 0.5) is 0 Å². The predicted molar refractivity (Wildman–Crippen MR) is 67.8 cm³/mol. The molecule has 88 valence electrons. The lowest BCUT2D eigenvalue weighted by Gasteiger charge is -2.03. The maximum absolute atomic E-state index is 2.38. The molecule has 0 aliphatic carbocycles. The summed E-state index contributed by atoms with van der Waals surface area (Å²) in [5.74, 6) is 0.949. The van der Waals surface area contributed by atoms with Crippen molar-refractivity contribution in [3.8, 4) is 0 Å². The molecule has 1 saturated heterocycles. The SMILES string of the molecule is CC.CC1CCN(C)C1.CCCCC. The highest BCUT2D eigenvalue weighted by atomic mass is 15.1. The van der Waals surface area contributed by atoms with E-state index in [4.69, 9.17) is 0 Å². The Morgan fingerprint density at radius 1 is 1.14 bits per heavy atom. The van der Waals surface area contributed by atoms with Gasteiger partial charge in [0.05, 0.1) is 0 Å². The van der Waals surface area contributed by atoms with Gasteiger partial charge in [0.1, 0.15) is 0 Å². The minimum absolute atomic E-state index is 0.949. The lowest BCUT2D eigenvalue weighted by atomic mass is 10.2. The van der Waals surface area contributed by atoms with E-state index in [-0.39, 0.29) is 0 Å². The van der Waals surface area contributed by atoms with Crippen LogP contribution in [-0.2, 0) is 0 Å². The molecule has 1 heteroatoms. The largest absolute Gasteiger partial charge is 0.306 e. The third-order valence-electron chi connectivity index (χ3n) is 2.33. The normalized spacial score (nSPS) is 20.6. The Balaban J connectivity index is 0. The Morgan fingerprint density at radius 3 is 1.71 bits per heavy atom. The van der Waals surface area contributed by atoms with Crippen LogP contribution in [0, 0.1) is 5.92 Å². The van der Waals surface area contributed by atoms with Crippen LogP contribution < -0.4 is 0 Å². The first-order valence-corrected chi connectivity index (χ1v) is 6.39. The Hall–Kier alpha value is -0.0400. The first kappa shape index (κ1) is 16.4. The average molecular weight is 201 g/mol. The van der Waals surface area contributed by atoms with Gasteiger partial charge in [-0.3, -0.25) is 0 Å². The third-order valence-corrected chi connectivity index (χ3v) is 2.33. The van der Waals surface area contributed by atoms with Gasteiger partial charge in [0.2, 0.25) is 0 Å². The minimum atomic E-state index is 0.949. The molecule has 0 bridgehead atoms. The fourth-order valence-electron chi connectivity index (χ4n) is 1.51. The van der Waals surface area contributed by atoms with Crippen molar-refractivity contribution in [1.29, 1.82) is 0 Å². The van der Waals surface area contributed by atoms with Gasteiger partial charge in [-0.05, 0) is 25.9 Å². The Bertz CT molecular complexity index is 81.2. The zero-order chi connectivity index (χ0) is 11.4. The molecule has 1 unspecified atom stereocenters. The molecular formula is C13H31N. The predicted octanol–water partition coefficient (Wildman–Crippen LogP) is 4.18. The summed E-state index contributed by atoms with van der Waals surface area (Å²) in [5, 5.41) is 0. The molecule has 0 spiro atoms. The molecule has 0 aromatic rings. The van der Waals surface area contributed by atoms with Gasteiger partial charge >= 0.3 is 0 Å². The second-order valence-electron chi connectivity index (χ2n) is 4.01. The van der Waals surface area contributed by atoms with Gasteiger partial charge in [-0.25, -0.2) is 0 Å². The minimum Gasteiger partial charge on any atom is -0.306 e. The van der Waals surface area contributed by atoms with Gasteiger partial charge in [-0.15, -0.1) is 0 Å². The van der Waals surface area contributed by atoms with Crippen molar-refractivity contribution >= 4 is 0 Å². The van der Waals surface area contributed by atoms with Crippen LogP contribution in [0.15, 0.2) is 0 Å². The molecule has 1 rings (SSSR count). The molecule has 1 heterocycles. The van der Waals surface area contributed by atoms with Gasteiger partial charge in [-0.1, -0.05) is 53.9 Å². The molecule has 0 aromatic heterocycles. The summed E-state index contributed by atoms with van der Waals surface area (Å²) < 4.78 is 0. The summed E-state index contributed by atoms with van der Waals surface area (Å²) >= 11 is 0. The van der Waals surface area contributed by atoms with E-state index in [0.717, 1.165) is 5.92 Å². The summed E-state index contributed by atoms with van der Waals surface area (Å²) in [4.78, 5) is 2.38. The van der Waals surface area contributed by atoms with Crippen LogP contribution >= 0.6 is 0 Å². The molecule has 0 saturated carbocycles. The smallest absolute Gasteiger partial charge is 0.000445 e. The van der Waals surface area contributed by atoms with Crippen molar-refractivity contribution in [2.75, 3.05) is 20.1 Å². The third kappa shape index (κ3) is 12.0. The van der Waals surface area contributed by atoms with Gasteiger partial charge in [-0.2, -0.15) is 0 Å². The van der Waals surface area contributed by atoms with Gasteiger partial charge in [0, 0.05) is 6.54 Å². The maximum Gasteiger partial charge on any atom is 0.000445 e. The monoisotopic (exact) mass is 201 g/mol. The second-order valence-corrected chi connectivity index (χ2v) is 4.01. The van der Waals surface area contributed by atoms with Crippen molar-refractivity contribution in [3.63, 3.8) is 0 Å². The Kier molecular flexibility index (Phi) is 15.2. The summed E-state index contributed by atoms with van der Waals surface area (Å²) in [6.07, 6.45) is 5.48. The number of unbranched alkanes of at least 4 members (excludes halogenated alkanes) is 2. The molecule has 1 aliphatic heterocycles. The van der Waals surface area contributed by atoms with Crippen molar-refractivity contribution in [2.24, 2.45) is 5.92 Å². The molecule has 1 atom stereocenters. The lowest BCUT2D eigenvalue weighted by molar-refractivity contribution is 0.402. The number of hydrogen-bond acceptors (Lipinski definition) is 1. The van der Waals surface area contributed by atoms with Crippen LogP contribution in [0.1, 0.15) is 60.3 Å². The highest BCUT2D eigenvalue weighted by Gasteiger charge is 2.13. The fourth-order valence-corrected chi connectivity index (χ4v) is 1.51. The van der Waals surface area contributed by atoms with Crippen molar-refractivity contribution in [3.05, 3.63) is 0 Å². The Labute approximate surface area is 91.9 Å². The van der Waals surface area contributed by atoms with E-state index in [9.17, 15) is 0 Å². The number of likely N-dealkylation sites (tertiary alicyclic amines) is 1. The van der Waals surface area contributed by atoms with Gasteiger partial charge < -0.3 is 4.90 Å². The van der Waals surface area contributed by atoms with E-state index < -0.39 is 0 Å². The van der Waals surface area contributed by atoms with Crippen molar-refractivity contribution in [1.82, 2.24) is 4.90 Å². The molecule has 0 radical (unpaired) electrons. The Morgan fingerprint density at radius 2 is 1.64 bits per heavy atom. The molecule has 0 N–H and O–H groups in total. The van der Waals surface area contributed by atoms with Crippen LogP contribution in [0.25, 0.3) is 0 Å². The van der Waals surface area contributed by atoms with Crippen molar-refractivity contribution < 1.29 is 0 Å². The van der Waals surface area contributed by atoms with Crippen LogP contribution in [-0.4, -0.2) is 25.0 Å². The standard InChI is InChI=1S/C6H13N.C5H12.C2H6/c1-6-3-4-7(2)5-6;1-3-5-4-2;1-2/h6H,3-5H2,1-2H3;3-5H2,1-2H3;1-2H3. The highest BCUT2D eigenvalue weighted by Crippen LogP contribution is 2.11. The molecular weight excluding hydrogens is 170 g/mol. The maximum atomic E-state index is 2.38. The average Bonchev–Trinajstić information content (AvgIpc) is 2.56. The first-order valence-electron chi connectivity index (χ1n) is 6.39. The zero-order valence-electron chi connectivity index (χ0n) is 11.3. The van der Waals surface area contributed by atoms with E-state index in [0.29, 0.717) is 0 Å². The van der Waals surface area contributed by atoms with E-state index in [2.05, 4.69) is 32.7 Å². The van der Waals surface area contributed by atoms with Gasteiger partial charge in [0.25, 0.3) is 0 Å². The van der Waals surface area contributed by atoms with E-state index in [1.807, 2.05) is 13.8 Å². The number of rotatable bonds is 2. The summed E-state index contributed by atoms with van der Waals surface area (Å²) in [6.45, 7) is 13.3. The first-order chi connectivity index (χ1) is 6.70. The summed E-state index contributed by atoms with van der Waals surface area (Å²) in [6, 6.07) is 0. The molecule has 14 heavy (non-hydrogen) atoms. The lowest BCUT2D eigenvalue weighted by Crippen LogP contribution is -2.12. The molecule has 0 aromatic carbocycles. The number of nitrogens with zero attached hydrogens (tertiary/aromatic N) is 1. The summed E-state index contributed by atoms with van der Waals surface area (Å²) in [5.41, 5.74) is 0. The molecule has 0 amide bonds. The van der Waals surface area contributed by atoms with Crippen LogP contribution in [0.2, 0.25) is 0 Å². The highest BCUT2D eigenvalue weighted by molar-refractivity contribution is 4.67. The second kappa shape index (κ2) is 13.0. The van der Waals surface area contributed by atoms with E-state index >= 15 is 0 Å². The van der Waals surface area contributed by atoms with E-state index in [1.54, 1.807) is 0 Å². The van der Waals surface area contributed by atoms with Gasteiger partial charge in [0.15, 0.2) is 0 Å². The number of hydrogen-bond donors (Lipinski definition) is 0. The van der Waals surface area contributed by atoms with Crippen LogP contribution in [0.3, 0.4) is 0 Å². The molecule has 1 fully saturated rings. The molecule has 1 aliphatic rings. The quantitative estimate of drug-likeness (QED) is 0.648.